The van der Waals surface area contributed by atoms with Crippen LogP contribution in [0.4, 0.5) is 0 Å². The summed E-state index contributed by atoms with van der Waals surface area (Å²) in [7, 11) is 0. The number of pyridine rings is 1. The first kappa shape index (κ1) is 9.68. The van der Waals surface area contributed by atoms with Crippen LogP contribution in [0.25, 0.3) is 0 Å². The largest absolute Gasteiger partial charge is 0.330 e. The third kappa shape index (κ3) is 2.05. The van der Waals surface area contributed by atoms with E-state index in [0.29, 0.717) is 6.54 Å². The first-order chi connectivity index (χ1) is 5.56. The summed E-state index contributed by atoms with van der Waals surface area (Å²) in [6.07, 6.45) is 0. The molecule has 12 heavy (non-hydrogen) atoms. The molecule has 0 fully saturated rings. The number of nitrogens with two attached hydrogens (primary N) is 1. The van der Waals surface area contributed by atoms with Crippen LogP contribution >= 0.6 is 15.9 Å². The molecule has 2 N–H and O–H groups in total. The molecule has 0 amide bonds. The van der Waals surface area contributed by atoms with Crippen molar-refractivity contribution in [2.75, 3.05) is 6.54 Å². The Kier molecular flexibility index (Phi) is 2.85. The first-order valence-corrected chi connectivity index (χ1v) is 4.69. The predicted octanol–water partition coefficient (Wildman–Crippen LogP) is 2.08. The van der Waals surface area contributed by atoms with Crippen LogP contribution in [0.2, 0.25) is 0 Å². The molecule has 0 atom stereocenters. The Hall–Kier alpha value is -0.410. The summed E-state index contributed by atoms with van der Waals surface area (Å²) in [5.74, 6) is 0. The maximum atomic E-state index is 5.63. The Labute approximate surface area is 81.3 Å². The average Bonchev–Trinajstić information content (AvgIpc) is 2.05. The van der Waals surface area contributed by atoms with Gasteiger partial charge in [-0.25, -0.2) is 4.98 Å². The summed E-state index contributed by atoms with van der Waals surface area (Å²) in [6, 6.07) is 5.89. The van der Waals surface area contributed by atoms with Crippen molar-refractivity contribution in [2.24, 2.45) is 5.73 Å². The molecule has 0 saturated carbocycles. The Morgan fingerprint density at radius 2 is 2.17 bits per heavy atom. The second kappa shape index (κ2) is 3.54. The summed E-state index contributed by atoms with van der Waals surface area (Å²) in [4.78, 5) is 4.35. The topological polar surface area (TPSA) is 38.9 Å². The maximum Gasteiger partial charge on any atom is 0.106 e. The van der Waals surface area contributed by atoms with Gasteiger partial charge in [-0.15, -0.1) is 0 Å². The van der Waals surface area contributed by atoms with E-state index >= 15 is 0 Å². The standard InChI is InChI=1S/C9H13BrN2/c1-9(2,6-11)7-4-3-5-8(10)12-7/h3-5H,6,11H2,1-2H3. The van der Waals surface area contributed by atoms with Crippen LogP contribution in [0.1, 0.15) is 19.5 Å². The molecule has 0 aliphatic carbocycles. The lowest BCUT2D eigenvalue weighted by Crippen LogP contribution is -2.29. The van der Waals surface area contributed by atoms with Gasteiger partial charge in [-0.2, -0.15) is 0 Å². The third-order valence-corrected chi connectivity index (χ3v) is 2.36. The van der Waals surface area contributed by atoms with Crippen LogP contribution in [0.15, 0.2) is 22.8 Å². The number of halogens is 1. The van der Waals surface area contributed by atoms with Gasteiger partial charge in [-0.05, 0) is 28.1 Å². The molecule has 0 radical (unpaired) electrons. The fourth-order valence-corrected chi connectivity index (χ4v) is 1.23. The normalized spacial score (nSPS) is 11.7. The molecule has 0 unspecified atom stereocenters. The summed E-state index contributed by atoms with van der Waals surface area (Å²) in [5, 5.41) is 0. The van der Waals surface area contributed by atoms with Crippen LogP contribution in [0.5, 0.6) is 0 Å². The lowest BCUT2D eigenvalue weighted by Gasteiger charge is -2.21. The first-order valence-electron chi connectivity index (χ1n) is 3.89. The third-order valence-electron chi connectivity index (χ3n) is 1.92. The summed E-state index contributed by atoms with van der Waals surface area (Å²) in [5.41, 5.74) is 6.62. The summed E-state index contributed by atoms with van der Waals surface area (Å²) >= 11 is 3.33. The zero-order valence-electron chi connectivity index (χ0n) is 7.34. The van der Waals surface area contributed by atoms with Gasteiger partial charge in [-0.1, -0.05) is 19.9 Å². The van der Waals surface area contributed by atoms with Gasteiger partial charge in [0.05, 0.1) is 0 Å². The second-order valence-corrected chi connectivity index (χ2v) is 4.25. The van der Waals surface area contributed by atoms with Crippen molar-refractivity contribution in [2.45, 2.75) is 19.3 Å². The Balaban J connectivity index is 3.03. The number of hydrogen-bond acceptors (Lipinski definition) is 2. The molecule has 1 aromatic rings. The molecular formula is C9H13BrN2. The van der Waals surface area contributed by atoms with Gasteiger partial charge in [0.15, 0.2) is 0 Å². The van der Waals surface area contributed by atoms with Gasteiger partial charge < -0.3 is 5.73 Å². The van der Waals surface area contributed by atoms with E-state index in [1.165, 1.54) is 0 Å². The molecule has 0 aliphatic heterocycles. The van der Waals surface area contributed by atoms with Crippen LogP contribution in [0, 0.1) is 0 Å². The van der Waals surface area contributed by atoms with E-state index in [1.54, 1.807) is 0 Å². The summed E-state index contributed by atoms with van der Waals surface area (Å²) < 4.78 is 0.863. The molecular weight excluding hydrogens is 216 g/mol. The molecule has 0 spiro atoms. The van der Waals surface area contributed by atoms with Crippen LogP contribution in [0.3, 0.4) is 0 Å². The minimum absolute atomic E-state index is 0.0379. The van der Waals surface area contributed by atoms with Crippen molar-refractivity contribution in [1.82, 2.24) is 4.98 Å². The van der Waals surface area contributed by atoms with E-state index in [2.05, 4.69) is 34.8 Å². The van der Waals surface area contributed by atoms with Gasteiger partial charge in [0.25, 0.3) is 0 Å². The second-order valence-electron chi connectivity index (χ2n) is 3.43. The molecule has 0 aliphatic rings. The molecule has 0 aromatic carbocycles. The zero-order chi connectivity index (χ0) is 9.19. The fraction of sp³-hybridized carbons (Fsp3) is 0.444. The van der Waals surface area contributed by atoms with Gasteiger partial charge in [0, 0.05) is 17.7 Å². The van der Waals surface area contributed by atoms with Gasteiger partial charge >= 0.3 is 0 Å². The molecule has 66 valence electrons. The van der Waals surface area contributed by atoms with Crippen molar-refractivity contribution >= 4 is 15.9 Å². The highest BCUT2D eigenvalue weighted by atomic mass is 79.9. The van der Waals surface area contributed by atoms with Crippen molar-refractivity contribution < 1.29 is 0 Å². The molecule has 1 rings (SSSR count). The molecule has 1 heterocycles. The molecule has 0 saturated heterocycles. The van der Waals surface area contributed by atoms with E-state index in [0.717, 1.165) is 10.3 Å². The minimum Gasteiger partial charge on any atom is -0.330 e. The summed E-state index contributed by atoms with van der Waals surface area (Å²) in [6.45, 7) is 4.78. The van der Waals surface area contributed by atoms with Gasteiger partial charge in [-0.3, -0.25) is 0 Å². The number of rotatable bonds is 2. The highest BCUT2D eigenvalue weighted by Crippen LogP contribution is 2.20. The Morgan fingerprint density at radius 1 is 1.50 bits per heavy atom. The SMILES string of the molecule is CC(C)(CN)c1cccc(Br)n1. The average molecular weight is 229 g/mol. The van der Waals surface area contributed by atoms with Crippen LogP contribution in [-0.2, 0) is 5.41 Å². The van der Waals surface area contributed by atoms with E-state index in [9.17, 15) is 0 Å². The van der Waals surface area contributed by atoms with E-state index in [1.807, 2.05) is 18.2 Å². The van der Waals surface area contributed by atoms with Crippen molar-refractivity contribution in [1.29, 1.82) is 0 Å². The van der Waals surface area contributed by atoms with Crippen molar-refractivity contribution in [3.05, 3.63) is 28.5 Å². The van der Waals surface area contributed by atoms with E-state index in [4.69, 9.17) is 5.73 Å². The molecule has 1 aromatic heterocycles. The Morgan fingerprint density at radius 3 is 2.67 bits per heavy atom. The number of aromatic nitrogens is 1. The van der Waals surface area contributed by atoms with E-state index in [-0.39, 0.29) is 5.41 Å². The lowest BCUT2D eigenvalue weighted by atomic mass is 9.89. The lowest BCUT2D eigenvalue weighted by molar-refractivity contribution is 0.520. The molecule has 3 heteroatoms. The van der Waals surface area contributed by atoms with Crippen LogP contribution < -0.4 is 5.73 Å². The molecule has 2 nitrogen and oxygen atoms in total. The fourth-order valence-electron chi connectivity index (χ4n) is 0.890. The Bertz CT molecular complexity index is 271. The zero-order valence-corrected chi connectivity index (χ0v) is 8.93. The highest BCUT2D eigenvalue weighted by molar-refractivity contribution is 9.10. The monoisotopic (exact) mass is 228 g/mol. The van der Waals surface area contributed by atoms with Crippen LogP contribution in [-0.4, -0.2) is 11.5 Å². The van der Waals surface area contributed by atoms with E-state index < -0.39 is 0 Å². The van der Waals surface area contributed by atoms with Gasteiger partial charge in [0.2, 0.25) is 0 Å². The van der Waals surface area contributed by atoms with Crippen molar-refractivity contribution in [3.63, 3.8) is 0 Å². The highest BCUT2D eigenvalue weighted by Gasteiger charge is 2.19. The minimum atomic E-state index is -0.0379. The number of hydrogen-bond donors (Lipinski definition) is 1. The van der Waals surface area contributed by atoms with Gasteiger partial charge in [0.1, 0.15) is 4.60 Å². The maximum absolute atomic E-state index is 5.63. The molecule has 0 bridgehead atoms. The predicted molar refractivity (Wildman–Crippen MR) is 54.0 cm³/mol. The van der Waals surface area contributed by atoms with Crippen molar-refractivity contribution in [3.8, 4) is 0 Å². The number of nitrogens with zero attached hydrogens (tertiary/aromatic N) is 1. The smallest absolute Gasteiger partial charge is 0.106 e. The quantitative estimate of drug-likeness (QED) is 0.788.